The van der Waals surface area contributed by atoms with Crippen LogP contribution in [0.3, 0.4) is 0 Å². The standard InChI is InChI=1S/C17H14F3NOS/c18-17(19,20)13-8-6-12(7-9-13)16-21(15(22)10-11-23-16)14-4-2-1-3-5-14/h1-9,16H,10-11H2. The predicted molar refractivity (Wildman–Crippen MR) is 85.2 cm³/mol. The first-order valence-corrected chi connectivity index (χ1v) is 8.17. The number of anilines is 1. The number of amides is 1. The summed E-state index contributed by atoms with van der Waals surface area (Å²) in [6, 6.07) is 14.2. The van der Waals surface area contributed by atoms with Crippen LogP contribution in [0.15, 0.2) is 54.6 Å². The van der Waals surface area contributed by atoms with Gasteiger partial charge in [-0.2, -0.15) is 13.2 Å². The monoisotopic (exact) mass is 337 g/mol. The Hall–Kier alpha value is -1.95. The van der Waals surface area contributed by atoms with Gasteiger partial charge in [0.1, 0.15) is 5.37 Å². The normalized spacial score (nSPS) is 19.0. The zero-order chi connectivity index (χ0) is 16.4. The van der Waals surface area contributed by atoms with Crippen molar-refractivity contribution in [2.24, 2.45) is 0 Å². The van der Waals surface area contributed by atoms with Crippen molar-refractivity contribution < 1.29 is 18.0 Å². The van der Waals surface area contributed by atoms with E-state index in [4.69, 9.17) is 0 Å². The molecule has 1 aliphatic rings. The molecule has 1 atom stereocenters. The SMILES string of the molecule is O=C1CCSC(c2ccc(C(F)(F)F)cc2)N1c1ccccc1. The topological polar surface area (TPSA) is 20.3 Å². The van der Waals surface area contributed by atoms with Gasteiger partial charge in [-0.3, -0.25) is 9.69 Å². The lowest BCUT2D eigenvalue weighted by Crippen LogP contribution is -2.37. The molecule has 120 valence electrons. The van der Waals surface area contributed by atoms with E-state index in [2.05, 4.69) is 0 Å². The van der Waals surface area contributed by atoms with E-state index in [1.165, 1.54) is 12.1 Å². The molecule has 0 aliphatic carbocycles. The molecular weight excluding hydrogens is 323 g/mol. The summed E-state index contributed by atoms with van der Waals surface area (Å²) in [5.74, 6) is 0.647. The molecule has 2 aromatic rings. The van der Waals surface area contributed by atoms with Gasteiger partial charge in [-0.1, -0.05) is 30.3 Å². The number of rotatable bonds is 2. The van der Waals surface area contributed by atoms with Crippen LogP contribution in [0.2, 0.25) is 0 Å². The molecule has 23 heavy (non-hydrogen) atoms. The maximum Gasteiger partial charge on any atom is 0.416 e. The van der Waals surface area contributed by atoms with E-state index in [1.54, 1.807) is 16.7 Å². The number of alkyl halides is 3. The minimum atomic E-state index is -4.35. The van der Waals surface area contributed by atoms with Gasteiger partial charge >= 0.3 is 6.18 Å². The van der Waals surface area contributed by atoms with Crippen molar-refractivity contribution in [3.05, 3.63) is 65.7 Å². The van der Waals surface area contributed by atoms with E-state index in [-0.39, 0.29) is 11.3 Å². The first-order chi connectivity index (χ1) is 11.0. The average molecular weight is 337 g/mol. The number of hydrogen-bond acceptors (Lipinski definition) is 2. The third-order valence-electron chi connectivity index (χ3n) is 3.65. The molecule has 1 fully saturated rings. The highest BCUT2D eigenvalue weighted by atomic mass is 32.2. The second-order valence-electron chi connectivity index (χ2n) is 5.19. The third-order valence-corrected chi connectivity index (χ3v) is 4.89. The minimum absolute atomic E-state index is 0.0140. The van der Waals surface area contributed by atoms with Gasteiger partial charge in [0, 0.05) is 17.9 Å². The Morgan fingerprint density at radius 2 is 1.65 bits per heavy atom. The van der Waals surface area contributed by atoms with Crippen molar-refractivity contribution >= 4 is 23.4 Å². The first kappa shape index (κ1) is 15.9. The summed E-state index contributed by atoms with van der Waals surface area (Å²) in [4.78, 5) is 14.0. The molecule has 0 spiro atoms. The molecule has 2 aromatic carbocycles. The smallest absolute Gasteiger partial charge is 0.296 e. The second kappa shape index (κ2) is 6.28. The Kier molecular flexibility index (Phi) is 4.35. The van der Waals surface area contributed by atoms with Crippen molar-refractivity contribution in [3.8, 4) is 0 Å². The quantitative estimate of drug-likeness (QED) is 0.779. The van der Waals surface area contributed by atoms with Gasteiger partial charge in [0.05, 0.1) is 5.56 Å². The highest BCUT2D eigenvalue weighted by Crippen LogP contribution is 2.41. The fraction of sp³-hybridized carbons (Fsp3) is 0.235. The molecule has 1 amide bonds. The molecule has 0 N–H and O–H groups in total. The molecule has 0 bridgehead atoms. The van der Waals surface area contributed by atoms with Gasteiger partial charge in [0.2, 0.25) is 5.91 Å². The molecule has 6 heteroatoms. The van der Waals surface area contributed by atoms with Crippen molar-refractivity contribution in [2.45, 2.75) is 18.0 Å². The third kappa shape index (κ3) is 3.37. The van der Waals surface area contributed by atoms with Crippen molar-refractivity contribution in [1.29, 1.82) is 0 Å². The van der Waals surface area contributed by atoms with Gasteiger partial charge in [-0.25, -0.2) is 0 Å². The fourth-order valence-electron chi connectivity index (χ4n) is 2.53. The molecule has 1 aliphatic heterocycles. The van der Waals surface area contributed by atoms with E-state index in [0.29, 0.717) is 17.7 Å². The summed E-state index contributed by atoms with van der Waals surface area (Å²) in [6.07, 6.45) is -3.93. The van der Waals surface area contributed by atoms with Gasteiger partial charge in [-0.05, 0) is 29.8 Å². The molecule has 3 rings (SSSR count). The molecular formula is C17H14F3NOS. The number of benzene rings is 2. The lowest BCUT2D eigenvalue weighted by Gasteiger charge is -2.35. The van der Waals surface area contributed by atoms with Crippen LogP contribution >= 0.6 is 11.8 Å². The highest BCUT2D eigenvalue weighted by Gasteiger charge is 2.33. The number of thioether (sulfide) groups is 1. The largest absolute Gasteiger partial charge is 0.416 e. The number of hydrogen-bond donors (Lipinski definition) is 0. The van der Waals surface area contributed by atoms with Crippen molar-refractivity contribution in [3.63, 3.8) is 0 Å². The van der Waals surface area contributed by atoms with Crippen LogP contribution in [0.1, 0.15) is 22.9 Å². The Morgan fingerprint density at radius 3 is 2.26 bits per heavy atom. The van der Waals surface area contributed by atoms with E-state index in [0.717, 1.165) is 17.8 Å². The van der Waals surface area contributed by atoms with Crippen LogP contribution in [0.5, 0.6) is 0 Å². The summed E-state index contributed by atoms with van der Waals surface area (Å²) in [5.41, 5.74) is 0.772. The average Bonchev–Trinajstić information content (AvgIpc) is 2.55. The molecule has 1 unspecified atom stereocenters. The van der Waals surface area contributed by atoms with Crippen LogP contribution in [-0.4, -0.2) is 11.7 Å². The Morgan fingerprint density at radius 1 is 1.00 bits per heavy atom. The Bertz CT molecular complexity index is 685. The van der Waals surface area contributed by atoms with Crippen LogP contribution in [-0.2, 0) is 11.0 Å². The molecule has 2 nitrogen and oxygen atoms in total. The zero-order valence-corrected chi connectivity index (χ0v) is 12.9. The Labute approximate surface area is 136 Å². The lowest BCUT2D eigenvalue weighted by molar-refractivity contribution is -0.137. The zero-order valence-electron chi connectivity index (χ0n) is 12.1. The number of nitrogens with zero attached hydrogens (tertiary/aromatic N) is 1. The summed E-state index contributed by atoms with van der Waals surface area (Å²) in [7, 11) is 0. The second-order valence-corrected chi connectivity index (χ2v) is 6.38. The molecule has 0 aromatic heterocycles. The Balaban J connectivity index is 1.94. The summed E-state index contributed by atoms with van der Waals surface area (Å²) in [6.45, 7) is 0. The fourth-order valence-corrected chi connectivity index (χ4v) is 3.79. The van der Waals surface area contributed by atoms with Crippen LogP contribution < -0.4 is 4.90 Å². The van der Waals surface area contributed by atoms with Crippen molar-refractivity contribution in [1.82, 2.24) is 0 Å². The first-order valence-electron chi connectivity index (χ1n) is 7.13. The minimum Gasteiger partial charge on any atom is -0.296 e. The van der Waals surface area contributed by atoms with Gasteiger partial charge < -0.3 is 0 Å². The van der Waals surface area contributed by atoms with Crippen LogP contribution in [0, 0.1) is 0 Å². The van der Waals surface area contributed by atoms with E-state index in [1.807, 2.05) is 30.3 Å². The van der Waals surface area contributed by atoms with E-state index >= 15 is 0 Å². The number of para-hydroxylation sites is 1. The van der Waals surface area contributed by atoms with Gasteiger partial charge in [0.25, 0.3) is 0 Å². The number of halogens is 3. The number of carbonyl (C=O) groups is 1. The molecule has 1 heterocycles. The van der Waals surface area contributed by atoms with E-state index in [9.17, 15) is 18.0 Å². The van der Waals surface area contributed by atoms with Gasteiger partial charge in [0.15, 0.2) is 0 Å². The maximum atomic E-state index is 12.7. The predicted octanol–water partition coefficient (Wildman–Crippen LogP) is 4.87. The van der Waals surface area contributed by atoms with Gasteiger partial charge in [-0.15, -0.1) is 11.8 Å². The van der Waals surface area contributed by atoms with Crippen molar-refractivity contribution in [2.75, 3.05) is 10.7 Å². The van der Waals surface area contributed by atoms with Crippen LogP contribution in [0.4, 0.5) is 18.9 Å². The number of carbonyl (C=O) groups excluding carboxylic acids is 1. The maximum absolute atomic E-state index is 12.7. The summed E-state index contributed by atoms with van der Waals surface area (Å²) >= 11 is 1.56. The lowest BCUT2D eigenvalue weighted by atomic mass is 10.1. The van der Waals surface area contributed by atoms with E-state index < -0.39 is 11.7 Å². The summed E-state index contributed by atoms with van der Waals surface area (Å²) < 4.78 is 38.1. The molecule has 0 saturated carbocycles. The van der Waals surface area contributed by atoms with Crippen LogP contribution in [0.25, 0.3) is 0 Å². The molecule has 1 saturated heterocycles. The highest BCUT2D eigenvalue weighted by molar-refractivity contribution is 7.99. The molecule has 0 radical (unpaired) electrons. The summed E-state index contributed by atoms with van der Waals surface area (Å²) in [5, 5.41) is -0.305.